The van der Waals surface area contributed by atoms with Crippen LogP contribution in [0.2, 0.25) is 0 Å². The Hall–Kier alpha value is -2.21. The molecule has 1 unspecified atom stereocenters. The van der Waals surface area contributed by atoms with Crippen LogP contribution in [-0.2, 0) is 4.79 Å². The highest BCUT2D eigenvalue weighted by atomic mass is 16.2. The average Bonchev–Trinajstić information content (AvgIpc) is 2.62. The van der Waals surface area contributed by atoms with Crippen molar-refractivity contribution in [2.45, 2.75) is 6.92 Å². The Morgan fingerprint density at radius 2 is 1.95 bits per heavy atom. The van der Waals surface area contributed by atoms with Crippen molar-refractivity contribution in [3.05, 3.63) is 29.3 Å². The van der Waals surface area contributed by atoms with Crippen LogP contribution >= 0.6 is 0 Å². The molecule has 3 rings (SSSR count). The average molecular weight is 273 g/mol. The van der Waals surface area contributed by atoms with Crippen molar-refractivity contribution < 1.29 is 14.4 Å². The van der Waals surface area contributed by atoms with E-state index in [1.54, 1.807) is 18.2 Å². The molecule has 1 atom stereocenters. The second-order valence-corrected chi connectivity index (χ2v) is 5.24. The summed E-state index contributed by atoms with van der Waals surface area (Å²) in [6, 6.07) is 4.74. The molecule has 2 heterocycles. The minimum atomic E-state index is -0.419. The van der Waals surface area contributed by atoms with Gasteiger partial charge >= 0.3 is 0 Å². The van der Waals surface area contributed by atoms with Crippen LogP contribution in [0.25, 0.3) is 0 Å². The van der Waals surface area contributed by atoms with Crippen molar-refractivity contribution in [3.8, 4) is 0 Å². The molecule has 0 aromatic heterocycles. The van der Waals surface area contributed by atoms with E-state index in [0.717, 1.165) is 13.1 Å². The number of carbonyl (C=O) groups excluding carboxylic acids is 3. The highest BCUT2D eigenvalue weighted by molar-refractivity contribution is 6.22. The number of amides is 3. The predicted molar refractivity (Wildman–Crippen MR) is 72.4 cm³/mol. The normalized spacial score (nSPS) is 19.1. The summed E-state index contributed by atoms with van der Waals surface area (Å²) in [5, 5.41) is 8.16. The number of carbonyl (C=O) groups is 3. The van der Waals surface area contributed by atoms with Gasteiger partial charge in [0.1, 0.15) is 0 Å². The van der Waals surface area contributed by atoms with Gasteiger partial charge in [-0.25, -0.2) is 0 Å². The summed E-state index contributed by atoms with van der Waals surface area (Å²) in [5.74, 6) is -0.607. The lowest BCUT2D eigenvalue weighted by Gasteiger charge is -2.31. The standard InChI is InChI=1S/C14H15N3O3/c1-7(8-5-15-6-8)12(18)16-9-2-3-10-11(4-9)14(20)17-13(10)19/h2-4,7-8,15H,5-6H2,1H3,(H,16,18)(H,17,19,20). The number of imide groups is 1. The summed E-state index contributed by atoms with van der Waals surface area (Å²) in [6.07, 6.45) is 0. The molecule has 0 saturated carbocycles. The van der Waals surface area contributed by atoms with Gasteiger partial charge in [0.05, 0.1) is 11.1 Å². The molecule has 2 aliphatic rings. The van der Waals surface area contributed by atoms with Crippen molar-refractivity contribution in [3.63, 3.8) is 0 Å². The maximum atomic E-state index is 12.1. The Labute approximate surface area is 115 Å². The minimum Gasteiger partial charge on any atom is -0.326 e. The number of fused-ring (bicyclic) bond motifs is 1. The smallest absolute Gasteiger partial charge is 0.259 e. The zero-order valence-electron chi connectivity index (χ0n) is 11.0. The zero-order valence-corrected chi connectivity index (χ0v) is 11.0. The number of hydrogen-bond acceptors (Lipinski definition) is 4. The summed E-state index contributed by atoms with van der Waals surface area (Å²) >= 11 is 0. The topological polar surface area (TPSA) is 87.3 Å². The molecular weight excluding hydrogens is 258 g/mol. The first kappa shape index (κ1) is 12.8. The van der Waals surface area contributed by atoms with Crippen LogP contribution in [0.3, 0.4) is 0 Å². The third-order valence-corrected chi connectivity index (χ3v) is 3.94. The molecule has 1 saturated heterocycles. The summed E-state index contributed by atoms with van der Waals surface area (Å²) in [5.41, 5.74) is 1.20. The molecule has 1 aromatic rings. The van der Waals surface area contributed by atoms with E-state index in [4.69, 9.17) is 0 Å². The van der Waals surface area contributed by atoms with Gasteiger partial charge in [-0.3, -0.25) is 19.7 Å². The van der Waals surface area contributed by atoms with Crippen LogP contribution in [0.15, 0.2) is 18.2 Å². The first-order chi connectivity index (χ1) is 9.56. The lowest BCUT2D eigenvalue weighted by molar-refractivity contribution is -0.121. The van der Waals surface area contributed by atoms with Crippen LogP contribution < -0.4 is 16.0 Å². The lowest BCUT2D eigenvalue weighted by atomic mass is 9.88. The van der Waals surface area contributed by atoms with E-state index in [0.29, 0.717) is 22.7 Å². The highest BCUT2D eigenvalue weighted by Gasteiger charge is 2.30. The molecule has 0 spiro atoms. The molecule has 6 nitrogen and oxygen atoms in total. The summed E-state index contributed by atoms with van der Waals surface area (Å²) in [6.45, 7) is 3.61. The molecule has 0 bridgehead atoms. The molecule has 3 N–H and O–H groups in total. The number of anilines is 1. The van der Waals surface area contributed by atoms with Gasteiger partial charge in [0.15, 0.2) is 0 Å². The molecule has 1 fully saturated rings. The predicted octanol–water partition coefficient (Wildman–Crippen LogP) is 0.364. The minimum absolute atomic E-state index is 0.0684. The van der Waals surface area contributed by atoms with E-state index in [9.17, 15) is 14.4 Å². The van der Waals surface area contributed by atoms with E-state index in [-0.39, 0.29) is 11.8 Å². The molecular formula is C14H15N3O3. The second-order valence-electron chi connectivity index (χ2n) is 5.24. The summed E-state index contributed by atoms with van der Waals surface area (Å²) in [4.78, 5) is 35.1. The maximum absolute atomic E-state index is 12.1. The zero-order chi connectivity index (χ0) is 14.3. The van der Waals surface area contributed by atoms with Crippen LogP contribution in [0.1, 0.15) is 27.6 Å². The quantitative estimate of drug-likeness (QED) is 0.694. The number of rotatable bonds is 3. The summed E-state index contributed by atoms with van der Waals surface area (Å²) in [7, 11) is 0. The van der Waals surface area contributed by atoms with Crippen LogP contribution in [0.5, 0.6) is 0 Å². The van der Waals surface area contributed by atoms with Gasteiger partial charge in [0.2, 0.25) is 5.91 Å². The first-order valence-electron chi connectivity index (χ1n) is 6.57. The van der Waals surface area contributed by atoms with E-state index >= 15 is 0 Å². The van der Waals surface area contributed by atoms with Gasteiger partial charge in [0.25, 0.3) is 11.8 Å². The SMILES string of the molecule is CC(C(=O)Nc1ccc2c(c1)C(=O)NC2=O)C1CNC1. The van der Waals surface area contributed by atoms with E-state index < -0.39 is 11.8 Å². The molecule has 2 aliphatic heterocycles. The van der Waals surface area contributed by atoms with Gasteiger partial charge in [0, 0.05) is 11.6 Å². The van der Waals surface area contributed by atoms with Gasteiger partial charge in [-0.05, 0) is 37.2 Å². The molecule has 0 aliphatic carbocycles. The fourth-order valence-electron chi connectivity index (χ4n) is 2.38. The van der Waals surface area contributed by atoms with E-state index in [1.807, 2.05) is 6.92 Å². The van der Waals surface area contributed by atoms with Crippen molar-refractivity contribution in [1.82, 2.24) is 10.6 Å². The molecule has 0 radical (unpaired) electrons. The first-order valence-corrected chi connectivity index (χ1v) is 6.57. The molecule has 104 valence electrons. The van der Waals surface area contributed by atoms with Gasteiger partial charge in [-0.2, -0.15) is 0 Å². The molecule has 20 heavy (non-hydrogen) atoms. The Kier molecular flexibility index (Phi) is 3.02. The number of nitrogens with one attached hydrogen (secondary N) is 3. The van der Waals surface area contributed by atoms with Gasteiger partial charge in [-0.15, -0.1) is 0 Å². The van der Waals surface area contributed by atoms with Gasteiger partial charge in [-0.1, -0.05) is 6.92 Å². The Bertz CT molecular complexity index is 608. The Balaban J connectivity index is 1.75. The van der Waals surface area contributed by atoms with Crippen molar-refractivity contribution in [1.29, 1.82) is 0 Å². The van der Waals surface area contributed by atoms with Crippen molar-refractivity contribution in [2.24, 2.45) is 11.8 Å². The van der Waals surface area contributed by atoms with E-state index in [2.05, 4.69) is 16.0 Å². The highest BCUT2D eigenvalue weighted by Crippen LogP contribution is 2.22. The van der Waals surface area contributed by atoms with Crippen LogP contribution in [0, 0.1) is 11.8 Å². The van der Waals surface area contributed by atoms with Crippen molar-refractivity contribution in [2.75, 3.05) is 18.4 Å². The Morgan fingerprint density at radius 3 is 2.60 bits per heavy atom. The fourth-order valence-corrected chi connectivity index (χ4v) is 2.38. The van der Waals surface area contributed by atoms with Crippen LogP contribution in [-0.4, -0.2) is 30.8 Å². The third-order valence-electron chi connectivity index (χ3n) is 3.94. The third kappa shape index (κ3) is 2.08. The number of benzene rings is 1. The van der Waals surface area contributed by atoms with Crippen LogP contribution in [0.4, 0.5) is 5.69 Å². The van der Waals surface area contributed by atoms with Gasteiger partial charge < -0.3 is 10.6 Å². The molecule has 1 aromatic carbocycles. The monoisotopic (exact) mass is 273 g/mol. The number of hydrogen-bond donors (Lipinski definition) is 3. The Morgan fingerprint density at radius 1 is 1.25 bits per heavy atom. The maximum Gasteiger partial charge on any atom is 0.259 e. The second kappa shape index (κ2) is 4.72. The molecule has 3 amide bonds. The fraction of sp³-hybridized carbons (Fsp3) is 0.357. The van der Waals surface area contributed by atoms with Crippen molar-refractivity contribution >= 4 is 23.4 Å². The molecule has 6 heteroatoms. The summed E-state index contributed by atoms with van der Waals surface area (Å²) < 4.78 is 0. The lowest BCUT2D eigenvalue weighted by Crippen LogP contribution is -2.48. The van der Waals surface area contributed by atoms with E-state index in [1.165, 1.54) is 0 Å². The largest absolute Gasteiger partial charge is 0.326 e.